The van der Waals surface area contributed by atoms with E-state index in [2.05, 4.69) is 48.6 Å². The lowest BCUT2D eigenvalue weighted by molar-refractivity contribution is 0.225. The molecule has 1 aromatic carbocycles. The third-order valence-corrected chi connectivity index (χ3v) is 5.58. The van der Waals surface area contributed by atoms with E-state index in [1.54, 1.807) is 0 Å². The predicted molar refractivity (Wildman–Crippen MR) is 165 cm³/mol. The molecule has 0 aromatic heterocycles. The Kier molecular flexibility index (Phi) is 22.8. The lowest BCUT2D eigenvalue weighted by Gasteiger charge is -2.13. The van der Waals surface area contributed by atoms with Crippen LogP contribution in [-0.4, -0.2) is 68.8 Å². The van der Waals surface area contributed by atoms with Crippen LogP contribution in [0.3, 0.4) is 0 Å². The summed E-state index contributed by atoms with van der Waals surface area (Å²) in [6.07, 6.45) is 11.4. The molecule has 0 saturated heterocycles. The van der Waals surface area contributed by atoms with Crippen LogP contribution in [0.15, 0.2) is 49.9 Å². The van der Waals surface area contributed by atoms with Crippen molar-refractivity contribution in [3.05, 3.63) is 30.0 Å². The Bertz CT molecular complexity index is 1100. The number of phenolic OH excluding ortho intramolecular Hbond substituents is 1. The maximum atomic E-state index is 12.4. The van der Waals surface area contributed by atoms with Gasteiger partial charge in [0.05, 0.1) is 19.4 Å². The van der Waals surface area contributed by atoms with Crippen molar-refractivity contribution in [1.82, 2.24) is 4.31 Å². The number of amidine groups is 3. The number of hydrogen-bond donors (Lipinski definition) is 4. The number of nitrogens with zero attached hydrogens (tertiary/aromatic N) is 4. The van der Waals surface area contributed by atoms with Crippen molar-refractivity contribution in [2.75, 3.05) is 27.2 Å². The van der Waals surface area contributed by atoms with Crippen molar-refractivity contribution < 1.29 is 18.3 Å². The molecule has 0 amide bonds. The SMILES string of the molecule is C#C.CC.CC(C)C.CC/C=C(/CN=C(N=C(N)C=N)C(N)=Nc1cccc(S(=O)(=O)N(C)C)c1O)OCC. The molecule has 0 aliphatic heterocycles. The third-order valence-electron chi connectivity index (χ3n) is 3.74. The molecular weight excluding hydrogens is 518 g/mol. The topological polar surface area (TPSA) is 180 Å². The molecule has 0 unspecified atom stereocenters. The van der Waals surface area contributed by atoms with Crippen LogP contribution < -0.4 is 11.5 Å². The molecule has 12 heteroatoms. The zero-order valence-electron chi connectivity index (χ0n) is 24.8. The number of nitrogens with one attached hydrogen (secondary N) is 1. The van der Waals surface area contributed by atoms with Gasteiger partial charge >= 0.3 is 0 Å². The van der Waals surface area contributed by atoms with E-state index in [1.165, 1.54) is 32.3 Å². The van der Waals surface area contributed by atoms with Gasteiger partial charge in [0.2, 0.25) is 10.0 Å². The largest absolute Gasteiger partial charge is 0.504 e. The molecule has 0 aliphatic carbocycles. The molecule has 1 aromatic rings. The minimum Gasteiger partial charge on any atom is -0.504 e. The molecule has 1 rings (SSSR count). The van der Waals surface area contributed by atoms with Gasteiger partial charge in [0.1, 0.15) is 22.2 Å². The molecule has 0 fully saturated rings. The number of para-hydroxylation sites is 1. The van der Waals surface area contributed by atoms with Gasteiger partial charge < -0.3 is 26.7 Å². The molecule has 6 N–H and O–H groups in total. The quantitative estimate of drug-likeness (QED) is 0.150. The summed E-state index contributed by atoms with van der Waals surface area (Å²) in [4.78, 5) is 12.0. The number of allylic oxidation sites excluding steroid dienone is 1. The van der Waals surface area contributed by atoms with Crippen molar-refractivity contribution in [2.24, 2.45) is 32.4 Å². The Hall–Kier alpha value is -3.69. The van der Waals surface area contributed by atoms with E-state index in [1.807, 2.05) is 33.8 Å². The number of ether oxygens (including phenoxy) is 1. The first kappa shape index (κ1) is 39.8. The second kappa shape index (κ2) is 22.3. The highest BCUT2D eigenvalue weighted by Crippen LogP contribution is 2.34. The highest BCUT2D eigenvalue weighted by molar-refractivity contribution is 7.89. The van der Waals surface area contributed by atoms with E-state index < -0.39 is 15.8 Å². The fourth-order valence-electron chi connectivity index (χ4n) is 2.25. The highest BCUT2D eigenvalue weighted by atomic mass is 32.2. The van der Waals surface area contributed by atoms with Crippen LogP contribution in [0.25, 0.3) is 0 Å². The van der Waals surface area contributed by atoms with Crippen molar-refractivity contribution in [3.8, 4) is 18.6 Å². The summed E-state index contributed by atoms with van der Waals surface area (Å²) < 4.78 is 31.2. The number of terminal acetylenes is 1. The molecule has 0 heterocycles. The van der Waals surface area contributed by atoms with Gasteiger partial charge in [-0.15, -0.1) is 12.8 Å². The fourth-order valence-corrected chi connectivity index (χ4v) is 3.24. The highest BCUT2D eigenvalue weighted by Gasteiger charge is 2.23. The number of aromatic hydroxyl groups is 1. The number of rotatable bonds is 9. The van der Waals surface area contributed by atoms with Crippen molar-refractivity contribution in [2.45, 2.75) is 59.8 Å². The first-order valence-electron chi connectivity index (χ1n) is 12.4. The standard InChI is InChI=1S/C19H29N7O4S.C4H10.C2H6.C2H2/c1-5-8-13(30-6-2)12-23-19(25-16(21)11-20)18(22)24-14-9-7-10-15(17(14)27)31(28,29)26(3)4;1-4(2)3;2*1-2/h7-11,20,27H,5-6,12H2,1-4H3,(H2,22,24)(H2,21,23,25);4H,1-3H3;1-2H3;1-2H/b13-8-,20-11?;;;. The average Bonchev–Trinajstić information content (AvgIpc) is 2.89. The predicted octanol–water partition coefficient (Wildman–Crippen LogP) is 4.30. The Morgan fingerprint density at radius 3 is 2.15 bits per heavy atom. The van der Waals surface area contributed by atoms with Gasteiger partial charge in [-0.05, 0) is 37.5 Å². The molecule has 39 heavy (non-hydrogen) atoms. The summed E-state index contributed by atoms with van der Waals surface area (Å²) in [7, 11) is -1.21. The second-order valence-electron chi connectivity index (χ2n) is 7.97. The van der Waals surface area contributed by atoms with Crippen molar-refractivity contribution in [1.29, 1.82) is 5.41 Å². The van der Waals surface area contributed by atoms with Crippen molar-refractivity contribution in [3.63, 3.8) is 0 Å². The molecule has 220 valence electrons. The maximum Gasteiger partial charge on any atom is 0.246 e. The van der Waals surface area contributed by atoms with Gasteiger partial charge in [-0.2, -0.15) is 0 Å². The summed E-state index contributed by atoms with van der Waals surface area (Å²) in [5.74, 6) is 0.376. The minimum atomic E-state index is -3.90. The molecule has 0 aliphatic rings. The number of nitrogens with two attached hydrogens (primary N) is 2. The molecule has 0 radical (unpaired) electrons. The van der Waals surface area contributed by atoms with E-state index in [4.69, 9.17) is 21.6 Å². The number of aliphatic imine (C=N–C) groups is 3. The van der Waals surface area contributed by atoms with E-state index in [-0.39, 0.29) is 34.6 Å². The van der Waals surface area contributed by atoms with E-state index in [0.717, 1.165) is 22.9 Å². The number of hydrogen-bond acceptors (Lipinski definition) is 7. The number of benzene rings is 1. The summed E-state index contributed by atoms with van der Waals surface area (Å²) in [6.45, 7) is 14.8. The Morgan fingerprint density at radius 1 is 1.18 bits per heavy atom. The van der Waals surface area contributed by atoms with Gasteiger partial charge in [0, 0.05) is 14.1 Å². The summed E-state index contributed by atoms with van der Waals surface area (Å²) in [5, 5.41) is 17.7. The Labute approximate surface area is 235 Å². The lowest BCUT2D eigenvalue weighted by Crippen LogP contribution is -2.26. The van der Waals surface area contributed by atoms with E-state index in [9.17, 15) is 13.5 Å². The van der Waals surface area contributed by atoms with Gasteiger partial charge in [0.25, 0.3) is 0 Å². The summed E-state index contributed by atoms with van der Waals surface area (Å²) in [6, 6.07) is 4.07. The molecule has 0 saturated carbocycles. The normalized spacial score (nSPS) is 12.3. The van der Waals surface area contributed by atoms with Crippen LogP contribution in [0.1, 0.15) is 54.9 Å². The zero-order valence-corrected chi connectivity index (χ0v) is 25.6. The van der Waals surface area contributed by atoms with Crippen LogP contribution in [0.2, 0.25) is 0 Å². The lowest BCUT2D eigenvalue weighted by atomic mass is 10.3. The van der Waals surface area contributed by atoms with Crippen LogP contribution in [0.4, 0.5) is 5.69 Å². The monoisotopic (exact) mass is 565 g/mol. The molecule has 0 bridgehead atoms. The average molecular weight is 566 g/mol. The van der Waals surface area contributed by atoms with Gasteiger partial charge in [-0.3, -0.25) is 4.99 Å². The van der Waals surface area contributed by atoms with Crippen LogP contribution >= 0.6 is 0 Å². The molecular formula is C27H47N7O4S. The van der Waals surface area contributed by atoms with Gasteiger partial charge in [-0.25, -0.2) is 22.7 Å². The zero-order chi connectivity index (χ0) is 31.2. The molecule has 0 atom stereocenters. The van der Waals surface area contributed by atoms with Crippen molar-refractivity contribution >= 4 is 39.4 Å². The summed E-state index contributed by atoms with van der Waals surface area (Å²) in [5.41, 5.74) is 11.5. The van der Waals surface area contributed by atoms with Gasteiger partial charge in [-0.1, -0.05) is 47.6 Å². The summed E-state index contributed by atoms with van der Waals surface area (Å²) >= 11 is 0. The first-order valence-corrected chi connectivity index (χ1v) is 13.9. The third kappa shape index (κ3) is 16.0. The number of phenols is 1. The first-order chi connectivity index (χ1) is 18.3. The minimum absolute atomic E-state index is 0.0918. The molecule has 11 nitrogen and oxygen atoms in total. The van der Waals surface area contributed by atoms with Crippen LogP contribution in [0, 0.1) is 24.2 Å². The van der Waals surface area contributed by atoms with Gasteiger partial charge in [0.15, 0.2) is 17.4 Å². The molecule has 0 spiro atoms. The fraction of sp³-hybridized carbons (Fsp3) is 0.481. The smallest absolute Gasteiger partial charge is 0.246 e. The second-order valence-corrected chi connectivity index (χ2v) is 10.1. The maximum absolute atomic E-state index is 12.4. The Balaban J connectivity index is -0.00000145. The Morgan fingerprint density at radius 2 is 1.72 bits per heavy atom. The van der Waals surface area contributed by atoms with E-state index >= 15 is 0 Å². The van der Waals surface area contributed by atoms with Crippen LogP contribution in [0.5, 0.6) is 5.75 Å². The van der Waals surface area contributed by atoms with Crippen LogP contribution in [-0.2, 0) is 14.8 Å². The van der Waals surface area contributed by atoms with E-state index in [0.29, 0.717) is 12.4 Å². The number of sulfonamides is 1.